The maximum absolute atomic E-state index is 12.2. The maximum Gasteiger partial charge on any atom is 0.332 e. The lowest BCUT2D eigenvalue weighted by atomic mass is 10.1. The standard InChI is InChI=1S/C23H47NO7P.C12H26/c1-6-8-9-10-11-12-13-14-15-16-23(26)31-22(19-27-21-25)20-30-32(28-7-2)29-18-17-24(3,4)5;1-3-5-7-9-11-12-10-8-6-4-2/h21-22H,6-20H2,1-5H3;3-12H2,1-2H3/q+1;/t22-,32?;/m0./s1. The van der Waals surface area contributed by atoms with Crippen LogP contribution in [0.4, 0.5) is 0 Å². The number of hydrogen-bond acceptors (Lipinski definition) is 7. The largest absolute Gasteiger partial charge is 0.464 e. The van der Waals surface area contributed by atoms with Crippen LogP contribution in [0.25, 0.3) is 0 Å². The van der Waals surface area contributed by atoms with Gasteiger partial charge >= 0.3 is 14.6 Å². The first-order chi connectivity index (χ1) is 21.2. The van der Waals surface area contributed by atoms with Gasteiger partial charge in [0.2, 0.25) is 0 Å². The molecular formula is C35H73NO7P+. The van der Waals surface area contributed by atoms with E-state index in [1.165, 1.54) is 103 Å². The van der Waals surface area contributed by atoms with Crippen molar-refractivity contribution >= 4 is 21.0 Å². The third-order valence-corrected chi connectivity index (χ3v) is 8.37. The Bertz CT molecular complexity index is 594. The summed E-state index contributed by atoms with van der Waals surface area (Å²) in [7, 11) is 4.67. The Morgan fingerprint density at radius 1 is 0.636 bits per heavy atom. The number of nitrogens with zero attached hydrogens (tertiary/aromatic N) is 1. The highest BCUT2D eigenvalue weighted by molar-refractivity contribution is 7.41. The molecule has 0 N–H and O–H groups in total. The molecule has 8 nitrogen and oxygen atoms in total. The Morgan fingerprint density at radius 3 is 1.50 bits per heavy atom. The van der Waals surface area contributed by atoms with Crippen molar-refractivity contribution in [3.8, 4) is 0 Å². The fraction of sp³-hybridized carbons (Fsp3) is 0.943. The van der Waals surface area contributed by atoms with Gasteiger partial charge in [-0.15, -0.1) is 0 Å². The lowest BCUT2D eigenvalue weighted by Gasteiger charge is -2.25. The van der Waals surface area contributed by atoms with E-state index in [1.54, 1.807) is 0 Å². The summed E-state index contributed by atoms with van der Waals surface area (Å²) in [6, 6.07) is 0. The van der Waals surface area contributed by atoms with Gasteiger partial charge in [0.15, 0.2) is 6.10 Å². The first-order valence-corrected chi connectivity index (χ1v) is 19.1. The van der Waals surface area contributed by atoms with Crippen LogP contribution in [0.2, 0.25) is 0 Å². The molecule has 0 fully saturated rings. The zero-order chi connectivity index (χ0) is 33.2. The van der Waals surface area contributed by atoms with E-state index in [0.29, 0.717) is 26.1 Å². The first kappa shape index (κ1) is 45.3. The third-order valence-electron chi connectivity index (χ3n) is 7.15. The second kappa shape index (κ2) is 35.1. The third kappa shape index (κ3) is 37.4. The molecule has 44 heavy (non-hydrogen) atoms. The number of quaternary nitrogens is 1. The van der Waals surface area contributed by atoms with Crippen molar-refractivity contribution in [3.63, 3.8) is 0 Å². The van der Waals surface area contributed by atoms with Gasteiger partial charge in [-0.2, -0.15) is 0 Å². The summed E-state index contributed by atoms with van der Waals surface area (Å²) in [5.74, 6) is -0.303. The lowest BCUT2D eigenvalue weighted by molar-refractivity contribution is -0.870. The number of carbonyl (C=O) groups is 2. The predicted octanol–water partition coefficient (Wildman–Crippen LogP) is 9.92. The molecular weight excluding hydrogens is 577 g/mol. The monoisotopic (exact) mass is 651 g/mol. The molecule has 0 aromatic heterocycles. The highest BCUT2D eigenvalue weighted by Gasteiger charge is 2.21. The zero-order valence-corrected chi connectivity index (χ0v) is 31.0. The molecule has 9 heteroatoms. The molecule has 0 aliphatic carbocycles. The molecule has 264 valence electrons. The number of unbranched alkanes of at least 4 members (excludes halogenated alkanes) is 17. The number of hydrogen-bond donors (Lipinski definition) is 0. The molecule has 0 aromatic carbocycles. The molecule has 0 saturated heterocycles. The molecule has 0 spiro atoms. The highest BCUT2D eigenvalue weighted by atomic mass is 31.2. The zero-order valence-electron chi connectivity index (χ0n) is 30.1. The van der Waals surface area contributed by atoms with E-state index in [0.717, 1.165) is 30.3 Å². The van der Waals surface area contributed by atoms with Crippen LogP contribution in [0.1, 0.15) is 156 Å². The van der Waals surface area contributed by atoms with Crippen molar-refractivity contribution in [2.45, 2.75) is 162 Å². The van der Waals surface area contributed by atoms with Crippen molar-refractivity contribution in [1.82, 2.24) is 0 Å². The van der Waals surface area contributed by atoms with Crippen LogP contribution in [-0.2, 0) is 32.6 Å². The van der Waals surface area contributed by atoms with Gasteiger partial charge < -0.3 is 27.5 Å². The molecule has 0 heterocycles. The average molecular weight is 651 g/mol. The summed E-state index contributed by atoms with van der Waals surface area (Å²) >= 11 is 0. The molecule has 0 radical (unpaired) electrons. The Morgan fingerprint density at radius 2 is 1.09 bits per heavy atom. The van der Waals surface area contributed by atoms with Crippen LogP contribution in [0.3, 0.4) is 0 Å². The molecule has 0 aliphatic rings. The molecule has 1 unspecified atom stereocenters. The molecule has 0 aliphatic heterocycles. The van der Waals surface area contributed by atoms with Gasteiger partial charge in [-0.25, -0.2) is 0 Å². The molecule has 0 bridgehead atoms. The number of rotatable bonds is 32. The van der Waals surface area contributed by atoms with Crippen LogP contribution in [0.15, 0.2) is 0 Å². The minimum Gasteiger partial charge on any atom is -0.464 e. The summed E-state index contributed by atoms with van der Waals surface area (Å²) in [6.07, 6.45) is 24.8. The van der Waals surface area contributed by atoms with Gasteiger partial charge in [0, 0.05) is 6.42 Å². The Hall–Kier alpha value is -0.790. The molecule has 0 aromatic rings. The average Bonchev–Trinajstić information content (AvgIpc) is 2.98. The summed E-state index contributed by atoms with van der Waals surface area (Å²) in [5, 5.41) is 0. The summed E-state index contributed by atoms with van der Waals surface area (Å²) in [5.41, 5.74) is 0. The lowest BCUT2D eigenvalue weighted by Crippen LogP contribution is -2.37. The van der Waals surface area contributed by atoms with Crippen molar-refractivity contribution in [2.24, 2.45) is 0 Å². The second-order valence-electron chi connectivity index (χ2n) is 12.7. The van der Waals surface area contributed by atoms with Gasteiger partial charge in [0.25, 0.3) is 6.47 Å². The van der Waals surface area contributed by atoms with E-state index < -0.39 is 14.7 Å². The van der Waals surface area contributed by atoms with Crippen molar-refractivity contribution in [1.29, 1.82) is 0 Å². The fourth-order valence-electron chi connectivity index (χ4n) is 4.40. The number of ether oxygens (including phenoxy) is 2. The smallest absolute Gasteiger partial charge is 0.332 e. The Kier molecular flexibility index (Phi) is 36.1. The Balaban J connectivity index is 0. The van der Waals surface area contributed by atoms with E-state index >= 15 is 0 Å². The number of esters is 1. The summed E-state index contributed by atoms with van der Waals surface area (Å²) in [4.78, 5) is 22.8. The quantitative estimate of drug-likeness (QED) is 0.0236. The van der Waals surface area contributed by atoms with E-state index in [2.05, 4.69) is 41.9 Å². The van der Waals surface area contributed by atoms with E-state index in [4.69, 9.17) is 23.0 Å². The normalized spacial score (nSPS) is 12.7. The molecule has 2 atom stereocenters. The van der Waals surface area contributed by atoms with Gasteiger partial charge in [-0.3, -0.25) is 9.59 Å². The first-order valence-electron chi connectivity index (χ1n) is 18.0. The minimum atomic E-state index is -1.56. The van der Waals surface area contributed by atoms with Crippen LogP contribution in [0.5, 0.6) is 0 Å². The second-order valence-corrected chi connectivity index (χ2v) is 14.0. The highest BCUT2D eigenvalue weighted by Crippen LogP contribution is 2.39. The number of carbonyl (C=O) groups excluding carboxylic acids is 2. The van der Waals surface area contributed by atoms with Crippen LogP contribution in [-0.4, -0.2) is 77.1 Å². The fourth-order valence-corrected chi connectivity index (χ4v) is 5.35. The van der Waals surface area contributed by atoms with Crippen LogP contribution >= 0.6 is 8.60 Å². The van der Waals surface area contributed by atoms with E-state index in [1.807, 2.05) is 6.92 Å². The van der Waals surface area contributed by atoms with Crippen molar-refractivity contribution < 1.29 is 37.1 Å². The predicted molar refractivity (Wildman–Crippen MR) is 185 cm³/mol. The van der Waals surface area contributed by atoms with Gasteiger partial charge in [0.1, 0.15) is 19.8 Å². The van der Waals surface area contributed by atoms with Crippen molar-refractivity contribution in [3.05, 3.63) is 0 Å². The van der Waals surface area contributed by atoms with Gasteiger partial charge in [-0.1, -0.05) is 136 Å². The van der Waals surface area contributed by atoms with Crippen LogP contribution in [0, 0.1) is 0 Å². The SMILES string of the molecule is CCCCCCCCCCCC.CCCCCCCCCCCC(=O)O[C@@H](COC=O)COP(OCC)OCC[N+](C)(C)C. The summed E-state index contributed by atoms with van der Waals surface area (Å²) in [6.45, 7) is 10.7. The maximum atomic E-state index is 12.2. The number of likely N-dealkylation sites (N-methyl/N-ethyl adjacent to an activating group) is 1. The Labute approximate surface area is 274 Å². The van der Waals surface area contributed by atoms with Gasteiger partial charge in [0.05, 0.1) is 34.4 Å². The molecule has 0 rings (SSSR count). The molecule has 0 amide bonds. The summed E-state index contributed by atoms with van der Waals surface area (Å²) < 4.78 is 27.9. The van der Waals surface area contributed by atoms with Crippen LogP contribution < -0.4 is 0 Å². The van der Waals surface area contributed by atoms with E-state index in [-0.39, 0.29) is 19.2 Å². The topological polar surface area (TPSA) is 80.3 Å². The van der Waals surface area contributed by atoms with Gasteiger partial charge in [-0.05, 0) is 13.3 Å². The molecule has 0 saturated carbocycles. The van der Waals surface area contributed by atoms with Crippen molar-refractivity contribution in [2.75, 3.05) is 54.1 Å². The minimum absolute atomic E-state index is 0.0490. The van der Waals surface area contributed by atoms with E-state index in [9.17, 15) is 9.59 Å².